The Morgan fingerprint density at radius 3 is 1.12 bits per heavy atom. The molecule has 0 aliphatic carbocycles. The van der Waals surface area contributed by atoms with Gasteiger partial charge < -0.3 is 38.9 Å². The van der Waals surface area contributed by atoms with Crippen LogP contribution in [0.15, 0.2) is 174 Å². The number of nitrogens with zero attached hydrogens (tertiary/aromatic N) is 4. The molecule has 4 atom stereocenters. The van der Waals surface area contributed by atoms with Gasteiger partial charge in [0, 0.05) is 117 Å². The maximum absolute atomic E-state index is 13.3. The Kier molecular flexibility index (Phi) is 25.8. The molecule has 8 heterocycles. The Hall–Kier alpha value is -9.28. The van der Waals surface area contributed by atoms with Crippen molar-refractivity contribution >= 4 is 142 Å². The third kappa shape index (κ3) is 17.7. The molecular weight excluding hydrogens is 1610 g/mol. The van der Waals surface area contributed by atoms with Crippen LogP contribution < -0.4 is 0 Å². The number of benzene rings is 8. The van der Waals surface area contributed by atoms with E-state index in [1.54, 1.807) is 17.0 Å². The third-order valence-electron chi connectivity index (χ3n) is 21.1. The summed E-state index contributed by atoms with van der Waals surface area (Å²) in [5.41, 5.74) is 17.7. The van der Waals surface area contributed by atoms with Gasteiger partial charge in [-0.15, -0.1) is 11.6 Å². The van der Waals surface area contributed by atoms with Crippen molar-refractivity contribution in [2.45, 2.75) is 123 Å². The number of carbonyl (C=O) groups is 4. The molecule has 0 fully saturated rings. The summed E-state index contributed by atoms with van der Waals surface area (Å²) in [6, 6.07) is 51.8. The lowest BCUT2D eigenvalue weighted by Gasteiger charge is -2.35. The highest BCUT2D eigenvalue weighted by molar-refractivity contribution is 9.10. The molecule has 4 unspecified atom stereocenters. The van der Waals surface area contributed by atoms with Crippen LogP contribution in [0.5, 0.6) is 0 Å². The van der Waals surface area contributed by atoms with Gasteiger partial charge >= 0.3 is 30.5 Å². The first kappa shape index (κ1) is 81.7. The van der Waals surface area contributed by atoms with Crippen LogP contribution in [-0.4, -0.2) is 122 Å². The van der Waals surface area contributed by atoms with Crippen LogP contribution in [-0.2, 0) is 50.8 Å². The summed E-state index contributed by atoms with van der Waals surface area (Å²) in [4.78, 5) is 71.6. The Morgan fingerprint density at radius 1 is 0.425 bits per heavy atom. The van der Waals surface area contributed by atoms with Crippen LogP contribution in [0, 0.1) is 0 Å². The summed E-state index contributed by atoms with van der Waals surface area (Å²) in [6.45, 7) is 17.7. The predicted molar refractivity (Wildman–Crippen MR) is 447 cm³/mol. The monoisotopic (exact) mass is 1690 g/mol. The SMILES string of the molecule is CCCOC(=O)N1CCc2c([nH]c3ccc(Cl)cc23)C1c1ccc(C(C)C)cc1.CCOC(=O)N1CCc2c([nH]c3ccc(Br)cc23)C1c1cccc(Cl)c1.CCOC(=O)N1CCc2c([nH]c3ccc(Cl)cc23)C1c1ccc(C(C)C)cc1.O=C(OCCCl)N1CCc2c([nH]c3ccc(Cl)cc23)C1c1cccc(C(F)(F)F)c1. The minimum absolute atomic E-state index is 0.0152. The number of fused-ring (bicyclic) bond motifs is 12. The molecule has 113 heavy (non-hydrogen) atoms. The number of halogens is 9. The lowest BCUT2D eigenvalue weighted by Crippen LogP contribution is -2.41. The molecule has 16 rings (SSSR count). The maximum Gasteiger partial charge on any atom is 0.416 e. The predicted octanol–water partition coefficient (Wildman–Crippen LogP) is 24.3. The van der Waals surface area contributed by atoms with E-state index in [4.69, 9.17) is 77.0 Å². The van der Waals surface area contributed by atoms with Gasteiger partial charge in [-0.2, -0.15) is 13.2 Å². The Balaban J connectivity index is 0.000000132. The minimum atomic E-state index is -4.49. The third-order valence-corrected chi connectivity index (χ3v) is 22.7. The van der Waals surface area contributed by atoms with Gasteiger partial charge in [-0.25, -0.2) is 19.2 Å². The first-order chi connectivity index (χ1) is 54.4. The molecule has 4 aliphatic heterocycles. The van der Waals surface area contributed by atoms with Crippen LogP contribution in [0.4, 0.5) is 32.3 Å². The van der Waals surface area contributed by atoms with Crippen molar-refractivity contribution in [3.63, 3.8) is 0 Å². The van der Waals surface area contributed by atoms with E-state index in [2.05, 4.69) is 124 Å². The van der Waals surface area contributed by atoms with E-state index in [-0.39, 0.29) is 55.4 Å². The van der Waals surface area contributed by atoms with E-state index in [1.165, 1.54) is 44.2 Å². The molecule has 0 radical (unpaired) electrons. The molecule has 4 aromatic heterocycles. The molecule has 0 saturated carbocycles. The van der Waals surface area contributed by atoms with Crippen LogP contribution in [0.1, 0.15) is 175 Å². The summed E-state index contributed by atoms with van der Waals surface area (Å²) < 4.78 is 62.4. The number of alkyl halides is 4. The van der Waals surface area contributed by atoms with Gasteiger partial charge in [-0.05, 0) is 210 Å². The summed E-state index contributed by atoms with van der Waals surface area (Å²) in [6.07, 6.45) is -2.30. The highest BCUT2D eigenvalue weighted by Gasteiger charge is 2.41. The molecule has 0 spiro atoms. The number of hydrogen-bond acceptors (Lipinski definition) is 8. The number of ether oxygens (including phenoxy) is 4. The largest absolute Gasteiger partial charge is 0.450 e. The molecule has 4 amide bonds. The Labute approximate surface area is 687 Å². The number of H-pyrrole nitrogens is 4. The second-order valence-electron chi connectivity index (χ2n) is 28.8. The molecule has 0 bridgehead atoms. The van der Waals surface area contributed by atoms with Crippen molar-refractivity contribution in [3.8, 4) is 0 Å². The standard InChI is InChI=1S/C24H27ClN2O2.C23H25ClN2O2.C21H17Cl2F3N2O2.C20H18BrClN2O2/c1-4-13-29-24(28)27-12-11-19-20-14-18(25)9-10-21(20)26-22(19)23(27)17-7-5-16(6-8-17)15(2)3;1-4-28-23(27)26-12-11-18-19-13-17(24)9-10-20(19)25-21(18)22(26)16-7-5-15(6-8-16)14(2)3;22-7-9-30-20(29)28-8-6-15-16-11-14(23)4-5-17(16)27-18(15)19(28)12-2-1-3-13(10-12)21(24,25)26;1-2-26-20(25)24-9-8-15-16-11-13(21)6-7-17(16)23-18(15)19(24)12-4-3-5-14(22)10-12/h5-10,14-15,23,26H,4,11-13H2,1-3H3;5-10,13-14,22,25H,4,11-12H2,1-3H3;1-5,10-11,19,27H,6-9H2;3-7,10-11,19,23H,2,8-9H2,1H3. The zero-order valence-corrected chi connectivity index (χ0v) is 68.9. The molecule has 0 saturated heterocycles. The number of aromatic nitrogens is 4. The quantitative estimate of drug-likeness (QED) is 0.0689. The maximum atomic E-state index is 13.3. The van der Waals surface area contributed by atoms with Gasteiger partial charge in [-0.3, -0.25) is 19.6 Å². The van der Waals surface area contributed by atoms with Crippen molar-refractivity contribution in [3.05, 3.63) is 278 Å². The van der Waals surface area contributed by atoms with Crippen LogP contribution in [0.2, 0.25) is 20.1 Å². The van der Waals surface area contributed by atoms with Crippen LogP contribution in [0.3, 0.4) is 0 Å². The summed E-state index contributed by atoms with van der Waals surface area (Å²) >= 11 is 34.0. The van der Waals surface area contributed by atoms with Crippen molar-refractivity contribution in [2.24, 2.45) is 0 Å². The van der Waals surface area contributed by atoms with E-state index in [9.17, 15) is 32.3 Å². The topological polar surface area (TPSA) is 181 Å². The second-order valence-corrected chi connectivity index (χ2v) is 31.9. The van der Waals surface area contributed by atoms with Crippen LogP contribution in [0.25, 0.3) is 43.6 Å². The Morgan fingerprint density at radius 2 is 0.761 bits per heavy atom. The summed E-state index contributed by atoms with van der Waals surface area (Å²) in [5.74, 6) is 1.06. The number of nitrogens with one attached hydrogen (secondary N) is 4. The fourth-order valence-electron chi connectivity index (χ4n) is 15.8. The van der Waals surface area contributed by atoms with Crippen molar-refractivity contribution < 1.29 is 51.3 Å². The van der Waals surface area contributed by atoms with Gasteiger partial charge in [0.05, 0.1) is 31.3 Å². The Bertz CT molecular complexity index is 5450. The van der Waals surface area contributed by atoms with Gasteiger partial charge in [0.2, 0.25) is 0 Å². The smallest absolute Gasteiger partial charge is 0.416 e. The van der Waals surface area contributed by atoms with E-state index in [0.717, 1.165) is 130 Å². The average Bonchev–Trinajstić information content (AvgIpc) is 1.54. The molecule has 8 aromatic carbocycles. The van der Waals surface area contributed by atoms with Crippen molar-refractivity contribution in [1.29, 1.82) is 0 Å². The number of carbonyl (C=O) groups excluding carboxylic acids is 4. The van der Waals surface area contributed by atoms with Gasteiger partial charge in [0.15, 0.2) is 0 Å². The molecule has 590 valence electrons. The normalized spacial score (nSPS) is 16.5. The van der Waals surface area contributed by atoms with Crippen molar-refractivity contribution in [1.82, 2.24) is 39.5 Å². The molecular formula is C88H87BrCl5F3N8O8. The lowest BCUT2D eigenvalue weighted by molar-refractivity contribution is -0.137. The molecule has 25 heteroatoms. The number of hydrogen-bond donors (Lipinski definition) is 4. The number of rotatable bonds is 12. The zero-order valence-electron chi connectivity index (χ0n) is 63.5. The van der Waals surface area contributed by atoms with E-state index < -0.39 is 23.9 Å². The van der Waals surface area contributed by atoms with Crippen molar-refractivity contribution in [2.75, 3.05) is 58.5 Å². The molecule has 4 aliphatic rings. The summed E-state index contributed by atoms with van der Waals surface area (Å²) in [5, 5.41) is 7.00. The van der Waals surface area contributed by atoms with E-state index in [1.807, 2.05) is 109 Å². The number of amides is 4. The summed E-state index contributed by atoms with van der Waals surface area (Å²) in [7, 11) is 0. The first-order valence-electron chi connectivity index (χ1n) is 38.0. The highest BCUT2D eigenvalue weighted by Crippen LogP contribution is 2.46. The molecule has 12 aromatic rings. The number of aromatic amines is 4. The highest BCUT2D eigenvalue weighted by atomic mass is 79.9. The second kappa shape index (κ2) is 35.6. The van der Waals surface area contributed by atoms with E-state index in [0.29, 0.717) is 79.0 Å². The fraction of sp³-hybridized carbons (Fsp3) is 0.318. The van der Waals surface area contributed by atoms with Gasteiger partial charge in [0.25, 0.3) is 0 Å². The van der Waals surface area contributed by atoms with Gasteiger partial charge in [0.1, 0.15) is 30.8 Å². The lowest BCUT2D eigenvalue weighted by atomic mass is 9.91. The average molecular weight is 1700 g/mol. The molecule has 4 N–H and O–H groups in total. The van der Waals surface area contributed by atoms with Gasteiger partial charge in [-0.1, -0.05) is 170 Å². The van der Waals surface area contributed by atoms with E-state index >= 15 is 0 Å². The zero-order chi connectivity index (χ0) is 80.1. The first-order valence-corrected chi connectivity index (χ1v) is 40.8. The fourth-order valence-corrected chi connectivity index (χ4v) is 17.0. The van der Waals surface area contributed by atoms with Crippen LogP contribution >= 0.6 is 73.9 Å². The molecule has 16 nitrogen and oxygen atoms in total. The minimum Gasteiger partial charge on any atom is -0.450 e.